The van der Waals surface area contributed by atoms with E-state index in [1.165, 1.54) is 16.9 Å². The fourth-order valence-corrected chi connectivity index (χ4v) is 2.39. The summed E-state index contributed by atoms with van der Waals surface area (Å²) >= 11 is 1.87. The van der Waals surface area contributed by atoms with Gasteiger partial charge in [0.25, 0.3) is 0 Å². The van der Waals surface area contributed by atoms with Crippen LogP contribution in [0.15, 0.2) is 34.3 Å². The highest BCUT2D eigenvalue weighted by Gasteiger charge is 2.11. The molecule has 0 fully saturated rings. The van der Waals surface area contributed by atoms with Crippen LogP contribution in [0.5, 0.6) is 0 Å². The van der Waals surface area contributed by atoms with Crippen LogP contribution in [0.4, 0.5) is 0 Å². The van der Waals surface area contributed by atoms with Crippen molar-refractivity contribution in [3.8, 4) is 0 Å². The highest BCUT2D eigenvalue weighted by Crippen LogP contribution is 2.31. The third kappa shape index (κ3) is 2.78. The summed E-state index contributed by atoms with van der Waals surface area (Å²) in [7, 11) is 0. The van der Waals surface area contributed by atoms with E-state index in [0.29, 0.717) is 5.92 Å². The summed E-state index contributed by atoms with van der Waals surface area (Å²) in [6, 6.07) is 0. The normalized spacial score (nSPS) is 19.3. The van der Waals surface area contributed by atoms with Gasteiger partial charge in [-0.1, -0.05) is 37.1 Å². The van der Waals surface area contributed by atoms with E-state index in [4.69, 9.17) is 0 Å². The van der Waals surface area contributed by atoms with Crippen molar-refractivity contribution in [2.24, 2.45) is 5.92 Å². The van der Waals surface area contributed by atoms with Crippen molar-refractivity contribution in [2.75, 3.05) is 6.26 Å². The smallest absolute Gasteiger partial charge is 0.00670 e. The highest BCUT2D eigenvalue weighted by molar-refractivity contribution is 8.02. The third-order valence-corrected chi connectivity index (χ3v) is 3.72. The van der Waals surface area contributed by atoms with Gasteiger partial charge in [0.15, 0.2) is 0 Å². The second kappa shape index (κ2) is 5.45. The molecule has 0 N–H and O–H groups in total. The van der Waals surface area contributed by atoms with Gasteiger partial charge < -0.3 is 0 Å². The minimum atomic E-state index is 0.712. The molecule has 0 radical (unpaired) electrons. The van der Waals surface area contributed by atoms with E-state index in [-0.39, 0.29) is 0 Å². The van der Waals surface area contributed by atoms with Crippen LogP contribution < -0.4 is 0 Å². The van der Waals surface area contributed by atoms with Gasteiger partial charge in [0, 0.05) is 4.91 Å². The second-order valence-corrected chi connectivity index (χ2v) is 4.74. The van der Waals surface area contributed by atoms with Gasteiger partial charge in [0.05, 0.1) is 0 Å². The summed E-state index contributed by atoms with van der Waals surface area (Å²) < 4.78 is 0. The number of hydrogen-bond donors (Lipinski definition) is 0. The van der Waals surface area contributed by atoms with Crippen molar-refractivity contribution in [3.63, 3.8) is 0 Å². The molecule has 1 aliphatic rings. The molecule has 0 bridgehead atoms. The lowest BCUT2D eigenvalue weighted by molar-refractivity contribution is 0.641. The zero-order valence-electron chi connectivity index (χ0n) is 9.63. The maximum Gasteiger partial charge on any atom is 0.00670 e. The maximum absolute atomic E-state index is 2.33. The predicted molar refractivity (Wildman–Crippen MR) is 67.5 cm³/mol. The summed E-state index contributed by atoms with van der Waals surface area (Å²) in [6.07, 6.45) is 11.4. The van der Waals surface area contributed by atoms with Crippen molar-refractivity contribution in [1.29, 1.82) is 0 Å². The average Bonchev–Trinajstić information content (AvgIpc) is 2.39. The molecule has 0 aromatic carbocycles. The molecule has 0 spiro atoms. The summed E-state index contributed by atoms with van der Waals surface area (Å²) in [5.74, 6) is 0.712. The highest BCUT2D eigenvalue weighted by atomic mass is 32.2. The Balaban J connectivity index is 2.96. The average molecular weight is 208 g/mol. The van der Waals surface area contributed by atoms with E-state index in [1.54, 1.807) is 5.57 Å². The van der Waals surface area contributed by atoms with E-state index in [2.05, 4.69) is 45.3 Å². The lowest BCUT2D eigenvalue weighted by Gasteiger charge is -2.15. The molecular weight excluding hydrogens is 188 g/mol. The van der Waals surface area contributed by atoms with Crippen molar-refractivity contribution >= 4 is 11.8 Å². The van der Waals surface area contributed by atoms with Crippen molar-refractivity contribution < 1.29 is 0 Å². The Hall–Kier alpha value is -0.430. The van der Waals surface area contributed by atoms with Gasteiger partial charge in [-0.25, -0.2) is 0 Å². The lowest BCUT2D eigenvalue weighted by Crippen LogP contribution is -1.99. The molecule has 0 aromatic rings. The van der Waals surface area contributed by atoms with Crippen molar-refractivity contribution in [3.05, 3.63) is 34.3 Å². The Morgan fingerprint density at radius 2 is 2.14 bits per heavy atom. The van der Waals surface area contributed by atoms with Gasteiger partial charge in [0.1, 0.15) is 0 Å². The summed E-state index contributed by atoms with van der Waals surface area (Å²) in [6.45, 7) is 6.77. The van der Waals surface area contributed by atoms with Crippen LogP contribution in [-0.4, -0.2) is 6.26 Å². The monoisotopic (exact) mass is 208 g/mol. The number of rotatable bonds is 3. The van der Waals surface area contributed by atoms with Crippen LogP contribution >= 0.6 is 11.8 Å². The Labute approximate surface area is 92.2 Å². The predicted octanol–water partition coefficient (Wildman–Crippen LogP) is 4.56. The van der Waals surface area contributed by atoms with Gasteiger partial charge in [0.2, 0.25) is 0 Å². The first-order valence-electron chi connectivity index (χ1n) is 5.30. The molecular formula is C13H20S. The summed E-state index contributed by atoms with van der Waals surface area (Å²) in [5, 5.41) is 0. The molecule has 1 unspecified atom stereocenters. The molecule has 0 aliphatic heterocycles. The maximum atomic E-state index is 2.33. The minimum Gasteiger partial charge on any atom is -0.130 e. The van der Waals surface area contributed by atoms with Crippen LogP contribution in [0.3, 0.4) is 0 Å². The van der Waals surface area contributed by atoms with E-state index in [9.17, 15) is 0 Å². The van der Waals surface area contributed by atoms with Gasteiger partial charge in [-0.2, -0.15) is 0 Å². The van der Waals surface area contributed by atoms with Crippen LogP contribution in [-0.2, 0) is 0 Å². The first-order chi connectivity index (χ1) is 6.69. The van der Waals surface area contributed by atoms with Gasteiger partial charge in [-0.3, -0.25) is 0 Å². The molecule has 0 amide bonds. The molecule has 0 aromatic heterocycles. The van der Waals surface area contributed by atoms with Crippen LogP contribution in [0.25, 0.3) is 0 Å². The molecule has 0 nitrogen and oxygen atoms in total. The Kier molecular flexibility index (Phi) is 4.53. The molecule has 14 heavy (non-hydrogen) atoms. The topological polar surface area (TPSA) is 0 Å². The third-order valence-electron chi connectivity index (χ3n) is 2.89. The fourth-order valence-electron chi connectivity index (χ4n) is 1.64. The summed E-state index contributed by atoms with van der Waals surface area (Å²) in [4.78, 5) is 1.47. The van der Waals surface area contributed by atoms with E-state index in [1.807, 2.05) is 11.8 Å². The standard InChI is InChI=1S/C13H20S/c1-5-11(3)12-8-6-10(2)7-9-13(12)14-4/h6-7,9,11H,5,8H2,1-4H3. The zero-order valence-corrected chi connectivity index (χ0v) is 10.4. The number of hydrogen-bond acceptors (Lipinski definition) is 1. The summed E-state index contributed by atoms with van der Waals surface area (Å²) in [5.41, 5.74) is 2.99. The number of allylic oxidation sites excluding steroid dienone is 5. The number of thioether (sulfide) groups is 1. The minimum absolute atomic E-state index is 0.712. The SMILES string of the molecule is CCC(C)C1=C(SC)C=CC(C)=CC1. The van der Waals surface area contributed by atoms with Crippen molar-refractivity contribution in [1.82, 2.24) is 0 Å². The molecule has 0 saturated heterocycles. The quantitative estimate of drug-likeness (QED) is 0.655. The Bertz CT molecular complexity index is 282. The molecule has 0 saturated carbocycles. The molecule has 1 aliphatic carbocycles. The molecule has 0 heterocycles. The first kappa shape index (κ1) is 11.6. The Morgan fingerprint density at radius 3 is 2.71 bits per heavy atom. The van der Waals surface area contributed by atoms with Gasteiger partial charge in [-0.05, 0) is 38.0 Å². The molecule has 1 atom stereocenters. The van der Waals surface area contributed by atoms with E-state index >= 15 is 0 Å². The molecule has 1 rings (SSSR count). The van der Waals surface area contributed by atoms with Crippen LogP contribution in [0.1, 0.15) is 33.6 Å². The lowest BCUT2D eigenvalue weighted by atomic mass is 9.95. The van der Waals surface area contributed by atoms with Gasteiger partial charge in [-0.15, -0.1) is 11.8 Å². The molecule has 78 valence electrons. The van der Waals surface area contributed by atoms with Crippen LogP contribution in [0.2, 0.25) is 0 Å². The molecule has 1 heteroatoms. The fraction of sp³-hybridized carbons (Fsp3) is 0.538. The van der Waals surface area contributed by atoms with E-state index < -0.39 is 0 Å². The Morgan fingerprint density at radius 1 is 1.43 bits per heavy atom. The van der Waals surface area contributed by atoms with Gasteiger partial charge >= 0.3 is 0 Å². The first-order valence-corrected chi connectivity index (χ1v) is 6.53. The zero-order chi connectivity index (χ0) is 10.6. The largest absolute Gasteiger partial charge is 0.130 e. The van der Waals surface area contributed by atoms with Crippen molar-refractivity contribution in [2.45, 2.75) is 33.6 Å². The van der Waals surface area contributed by atoms with E-state index in [0.717, 1.165) is 6.42 Å². The van der Waals surface area contributed by atoms with Crippen LogP contribution in [0, 0.1) is 5.92 Å². The second-order valence-electron chi connectivity index (χ2n) is 3.89.